The van der Waals surface area contributed by atoms with Crippen LogP contribution in [0.5, 0.6) is 0 Å². The van der Waals surface area contributed by atoms with Gasteiger partial charge in [0.05, 0.1) is 0 Å². The van der Waals surface area contributed by atoms with Crippen LogP contribution in [0.1, 0.15) is 39.4 Å². The highest BCUT2D eigenvalue weighted by atomic mass is 16.2. The van der Waals surface area contributed by atoms with Gasteiger partial charge in [0, 0.05) is 6.54 Å². The van der Waals surface area contributed by atoms with Gasteiger partial charge in [0.25, 0.3) is 0 Å². The molecule has 0 radical (unpaired) electrons. The molecule has 0 saturated carbocycles. The van der Waals surface area contributed by atoms with Gasteiger partial charge < -0.3 is 11.1 Å². The zero-order valence-corrected chi connectivity index (χ0v) is 13.7. The van der Waals surface area contributed by atoms with Gasteiger partial charge in [-0.1, -0.05) is 47.5 Å². The fourth-order valence-electron chi connectivity index (χ4n) is 2.70. The molecule has 0 bridgehead atoms. The van der Waals surface area contributed by atoms with Crippen LogP contribution >= 0.6 is 0 Å². The average Bonchev–Trinajstić information content (AvgIpc) is 2.46. The second kappa shape index (κ2) is 6.75. The third-order valence-electron chi connectivity index (χ3n) is 4.00. The van der Waals surface area contributed by atoms with Crippen LogP contribution in [0.15, 0.2) is 36.4 Å². The lowest BCUT2D eigenvalue weighted by molar-refractivity contribution is -0.122. The number of carbonyl (C=O) groups excluding carboxylic acids is 1. The summed E-state index contributed by atoms with van der Waals surface area (Å²) in [5.74, 6) is -0.150. The van der Waals surface area contributed by atoms with E-state index < -0.39 is 6.04 Å². The Labute approximate surface area is 132 Å². The Hall–Kier alpha value is -2.13. The highest BCUT2D eigenvalue weighted by Crippen LogP contribution is 2.17. The number of benzene rings is 2. The SMILES string of the molecule is Cc1ccc(C(N)C(=O)NCc2c(C)cc(C)cc2C)cc1. The van der Waals surface area contributed by atoms with Crippen LogP contribution in [0.3, 0.4) is 0 Å². The van der Waals surface area contributed by atoms with Gasteiger partial charge in [0.15, 0.2) is 0 Å². The number of aryl methyl sites for hydroxylation is 4. The van der Waals surface area contributed by atoms with E-state index in [1.165, 1.54) is 16.7 Å². The minimum atomic E-state index is -0.633. The number of rotatable bonds is 4. The average molecular weight is 296 g/mol. The molecule has 116 valence electrons. The van der Waals surface area contributed by atoms with Gasteiger partial charge in [-0.25, -0.2) is 0 Å². The first-order valence-corrected chi connectivity index (χ1v) is 7.55. The number of hydrogen-bond acceptors (Lipinski definition) is 2. The van der Waals surface area contributed by atoms with Crippen molar-refractivity contribution in [2.24, 2.45) is 5.73 Å². The van der Waals surface area contributed by atoms with E-state index in [4.69, 9.17) is 5.73 Å². The van der Waals surface area contributed by atoms with E-state index in [0.717, 1.165) is 16.7 Å². The molecule has 22 heavy (non-hydrogen) atoms. The molecule has 0 aromatic heterocycles. The summed E-state index contributed by atoms with van der Waals surface area (Å²) in [6, 6.07) is 11.4. The highest BCUT2D eigenvalue weighted by molar-refractivity contribution is 5.83. The summed E-state index contributed by atoms with van der Waals surface area (Å²) in [6.07, 6.45) is 0. The fourth-order valence-corrected chi connectivity index (χ4v) is 2.70. The van der Waals surface area contributed by atoms with E-state index >= 15 is 0 Å². The maximum absolute atomic E-state index is 12.3. The summed E-state index contributed by atoms with van der Waals surface area (Å²) in [7, 11) is 0. The summed E-state index contributed by atoms with van der Waals surface area (Å²) in [5.41, 5.74) is 12.8. The Bertz CT molecular complexity index is 651. The smallest absolute Gasteiger partial charge is 0.241 e. The van der Waals surface area contributed by atoms with Crippen LogP contribution in [0.2, 0.25) is 0 Å². The molecule has 0 aliphatic heterocycles. The highest BCUT2D eigenvalue weighted by Gasteiger charge is 2.16. The van der Waals surface area contributed by atoms with E-state index in [-0.39, 0.29) is 5.91 Å². The van der Waals surface area contributed by atoms with Crippen LogP contribution in [0, 0.1) is 27.7 Å². The molecule has 2 aromatic rings. The lowest BCUT2D eigenvalue weighted by atomic mass is 9.99. The van der Waals surface area contributed by atoms with Gasteiger partial charge in [0.2, 0.25) is 5.91 Å². The quantitative estimate of drug-likeness (QED) is 0.910. The van der Waals surface area contributed by atoms with E-state index in [9.17, 15) is 4.79 Å². The lowest BCUT2D eigenvalue weighted by Crippen LogP contribution is -2.34. The van der Waals surface area contributed by atoms with Crippen LogP contribution in [-0.4, -0.2) is 5.91 Å². The van der Waals surface area contributed by atoms with Crippen molar-refractivity contribution in [3.8, 4) is 0 Å². The predicted molar refractivity (Wildman–Crippen MR) is 90.6 cm³/mol. The second-order valence-electron chi connectivity index (χ2n) is 5.98. The van der Waals surface area contributed by atoms with Gasteiger partial charge in [0.1, 0.15) is 6.04 Å². The van der Waals surface area contributed by atoms with E-state index in [2.05, 4.69) is 38.2 Å². The van der Waals surface area contributed by atoms with Gasteiger partial charge in [-0.2, -0.15) is 0 Å². The molecule has 0 fully saturated rings. The lowest BCUT2D eigenvalue weighted by Gasteiger charge is -2.16. The van der Waals surface area contributed by atoms with Gasteiger partial charge in [-0.15, -0.1) is 0 Å². The van der Waals surface area contributed by atoms with Crippen molar-refractivity contribution in [1.82, 2.24) is 5.32 Å². The molecule has 2 rings (SSSR count). The maximum Gasteiger partial charge on any atom is 0.241 e. The Kier molecular flexibility index (Phi) is 4.99. The molecule has 1 unspecified atom stereocenters. The van der Waals surface area contributed by atoms with Crippen LogP contribution in [-0.2, 0) is 11.3 Å². The molecule has 2 aromatic carbocycles. The first-order valence-electron chi connectivity index (χ1n) is 7.55. The molecule has 0 heterocycles. The fraction of sp³-hybridized carbons (Fsp3) is 0.316. The molecule has 0 spiro atoms. The van der Waals surface area contributed by atoms with Crippen molar-refractivity contribution in [2.75, 3.05) is 0 Å². The third-order valence-corrected chi connectivity index (χ3v) is 4.00. The summed E-state index contributed by atoms with van der Waals surface area (Å²) < 4.78 is 0. The van der Waals surface area contributed by atoms with Gasteiger partial charge >= 0.3 is 0 Å². The number of hydrogen-bond donors (Lipinski definition) is 2. The molecule has 3 heteroatoms. The van der Waals surface area contributed by atoms with Crippen molar-refractivity contribution < 1.29 is 4.79 Å². The van der Waals surface area contributed by atoms with Crippen molar-refractivity contribution in [3.63, 3.8) is 0 Å². The number of nitrogens with one attached hydrogen (secondary N) is 1. The second-order valence-corrected chi connectivity index (χ2v) is 5.98. The molecule has 3 N–H and O–H groups in total. The standard InChI is InChI=1S/C19H24N2O/c1-12-5-7-16(8-6-12)18(20)19(22)21-11-17-14(3)9-13(2)10-15(17)4/h5-10,18H,11,20H2,1-4H3,(H,21,22). The number of carbonyl (C=O) groups is 1. The summed E-state index contributed by atoms with van der Waals surface area (Å²) in [4.78, 5) is 12.3. The molecule has 1 atom stereocenters. The zero-order chi connectivity index (χ0) is 16.3. The Morgan fingerprint density at radius 3 is 2.09 bits per heavy atom. The normalized spacial score (nSPS) is 12.0. The van der Waals surface area contributed by atoms with Gasteiger partial charge in [-0.05, 0) is 49.9 Å². The van der Waals surface area contributed by atoms with E-state index in [1.807, 2.05) is 31.2 Å². The summed E-state index contributed by atoms with van der Waals surface area (Å²) >= 11 is 0. The van der Waals surface area contributed by atoms with Gasteiger partial charge in [-0.3, -0.25) is 4.79 Å². The summed E-state index contributed by atoms with van der Waals surface area (Å²) in [5, 5.41) is 2.95. The molecule has 1 amide bonds. The van der Waals surface area contributed by atoms with Crippen molar-refractivity contribution in [1.29, 1.82) is 0 Å². The Balaban J connectivity index is 2.05. The molecule has 3 nitrogen and oxygen atoms in total. The maximum atomic E-state index is 12.3. The van der Waals surface area contributed by atoms with Crippen LogP contribution < -0.4 is 11.1 Å². The summed E-state index contributed by atoms with van der Waals surface area (Å²) in [6.45, 7) is 8.74. The molecular formula is C19H24N2O. The van der Waals surface area contributed by atoms with Crippen LogP contribution in [0.25, 0.3) is 0 Å². The Morgan fingerprint density at radius 2 is 1.55 bits per heavy atom. The van der Waals surface area contributed by atoms with Crippen molar-refractivity contribution >= 4 is 5.91 Å². The number of amides is 1. The van der Waals surface area contributed by atoms with E-state index in [1.54, 1.807) is 0 Å². The van der Waals surface area contributed by atoms with Crippen molar-refractivity contribution in [3.05, 3.63) is 69.8 Å². The molecule has 0 aliphatic rings. The largest absolute Gasteiger partial charge is 0.350 e. The molecular weight excluding hydrogens is 272 g/mol. The monoisotopic (exact) mass is 296 g/mol. The Morgan fingerprint density at radius 1 is 1.00 bits per heavy atom. The predicted octanol–water partition coefficient (Wildman–Crippen LogP) is 3.24. The first-order chi connectivity index (χ1) is 10.4. The van der Waals surface area contributed by atoms with Crippen molar-refractivity contribution in [2.45, 2.75) is 40.3 Å². The minimum absolute atomic E-state index is 0.150. The first kappa shape index (κ1) is 16.2. The minimum Gasteiger partial charge on any atom is -0.350 e. The van der Waals surface area contributed by atoms with Crippen LogP contribution in [0.4, 0.5) is 0 Å². The molecule has 0 aliphatic carbocycles. The molecule has 0 saturated heterocycles. The van der Waals surface area contributed by atoms with E-state index in [0.29, 0.717) is 6.54 Å². The third kappa shape index (κ3) is 3.74. The topological polar surface area (TPSA) is 55.1 Å². The number of nitrogens with two attached hydrogens (primary N) is 1. The zero-order valence-electron chi connectivity index (χ0n) is 13.7.